The van der Waals surface area contributed by atoms with Gasteiger partial charge < -0.3 is 14.8 Å². The molecule has 18 heavy (non-hydrogen) atoms. The number of aromatic nitrogens is 1. The minimum Gasteiger partial charge on any atom is -0.486 e. The lowest BCUT2D eigenvalue weighted by atomic mass is 10.2. The predicted molar refractivity (Wildman–Crippen MR) is 69.1 cm³/mol. The molecule has 3 rings (SSSR count). The van der Waals surface area contributed by atoms with Crippen molar-refractivity contribution in [3.05, 3.63) is 48.7 Å². The summed E-state index contributed by atoms with van der Waals surface area (Å²) in [5, 5.41) is 3.23. The lowest BCUT2D eigenvalue weighted by molar-refractivity contribution is 0.0997. The van der Waals surface area contributed by atoms with Crippen LogP contribution in [0.25, 0.3) is 0 Å². The summed E-state index contributed by atoms with van der Waals surface area (Å²) in [6, 6.07) is 13.5. The molecular weight excluding hydrogens is 228 g/mol. The van der Waals surface area contributed by atoms with Crippen molar-refractivity contribution in [1.29, 1.82) is 0 Å². The number of benzene rings is 1. The van der Waals surface area contributed by atoms with Crippen molar-refractivity contribution in [2.45, 2.75) is 6.10 Å². The Balaban J connectivity index is 1.60. The van der Waals surface area contributed by atoms with E-state index in [0.29, 0.717) is 13.2 Å². The Bertz CT molecular complexity index is 516. The second kappa shape index (κ2) is 4.96. The quantitative estimate of drug-likeness (QED) is 0.897. The second-order valence-corrected chi connectivity index (χ2v) is 4.09. The van der Waals surface area contributed by atoms with Crippen LogP contribution in [0.1, 0.15) is 0 Å². The smallest absolute Gasteiger partial charge is 0.161 e. The third-order valence-electron chi connectivity index (χ3n) is 2.74. The summed E-state index contributed by atoms with van der Waals surface area (Å²) in [7, 11) is 0. The molecule has 2 aromatic rings. The Hall–Kier alpha value is -2.23. The molecule has 0 saturated heterocycles. The number of ether oxygens (including phenoxy) is 2. The summed E-state index contributed by atoms with van der Waals surface area (Å²) >= 11 is 0. The first kappa shape index (κ1) is 10.9. The average molecular weight is 242 g/mol. The fourth-order valence-electron chi connectivity index (χ4n) is 1.85. The van der Waals surface area contributed by atoms with Gasteiger partial charge in [0.2, 0.25) is 0 Å². The topological polar surface area (TPSA) is 43.4 Å². The number of anilines is 1. The average Bonchev–Trinajstić information content (AvgIpc) is 2.46. The molecule has 1 aromatic carbocycles. The summed E-state index contributed by atoms with van der Waals surface area (Å²) in [5.74, 6) is 2.46. The van der Waals surface area contributed by atoms with Gasteiger partial charge in [0.25, 0.3) is 0 Å². The molecule has 0 aliphatic carbocycles. The number of fused-ring (bicyclic) bond motifs is 1. The zero-order valence-corrected chi connectivity index (χ0v) is 9.87. The van der Waals surface area contributed by atoms with Gasteiger partial charge in [0.1, 0.15) is 18.5 Å². The Morgan fingerprint density at radius 1 is 1.11 bits per heavy atom. The van der Waals surface area contributed by atoms with Gasteiger partial charge >= 0.3 is 0 Å². The number of rotatable bonds is 3. The van der Waals surface area contributed by atoms with Gasteiger partial charge in [-0.2, -0.15) is 0 Å². The van der Waals surface area contributed by atoms with Crippen LogP contribution in [0.3, 0.4) is 0 Å². The van der Waals surface area contributed by atoms with Crippen molar-refractivity contribution in [3.63, 3.8) is 0 Å². The molecule has 1 aliphatic heterocycles. The fourth-order valence-corrected chi connectivity index (χ4v) is 1.85. The number of hydrogen-bond acceptors (Lipinski definition) is 4. The first-order chi connectivity index (χ1) is 8.92. The van der Waals surface area contributed by atoms with E-state index in [1.807, 2.05) is 42.5 Å². The van der Waals surface area contributed by atoms with Gasteiger partial charge in [-0.25, -0.2) is 4.98 Å². The summed E-state index contributed by atoms with van der Waals surface area (Å²) in [6.45, 7) is 1.22. The normalized spacial score (nSPS) is 17.2. The molecule has 4 nitrogen and oxygen atoms in total. The number of pyridine rings is 1. The van der Waals surface area contributed by atoms with Crippen LogP contribution < -0.4 is 14.8 Å². The molecular formula is C14H14N2O2. The van der Waals surface area contributed by atoms with Crippen LogP contribution in [0, 0.1) is 0 Å². The molecule has 1 unspecified atom stereocenters. The van der Waals surface area contributed by atoms with Crippen LogP contribution in [-0.4, -0.2) is 24.2 Å². The highest BCUT2D eigenvalue weighted by atomic mass is 16.6. The molecule has 92 valence electrons. The molecule has 0 bridgehead atoms. The number of hydrogen-bond donors (Lipinski definition) is 1. The zero-order chi connectivity index (χ0) is 12.2. The van der Waals surface area contributed by atoms with E-state index >= 15 is 0 Å². The fraction of sp³-hybridized carbons (Fsp3) is 0.214. The third-order valence-corrected chi connectivity index (χ3v) is 2.74. The molecule has 4 heteroatoms. The van der Waals surface area contributed by atoms with Crippen LogP contribution >= 0.6 is 0 Å². The van der Waals surface area contributed by atoms with Gasteiger partial charge in [-0.05, 0) is 24.3 Å². The minimum absolute atomic E-state index is 0.00176. The molecule has 0 radical (unpaired) electrons. The van der Waals surface area contributed by atoms with Gasteiger partial charge in [-0.15, -0.1) is 0 Å². The van der Waals surface area contributed by atoms with Crippen molar-refractivity contribution >= 4 is 5.82 Å². The molecule has 1 aromatic heterocycles. The highest BCUT2D eigenvalue weighted by Gasteiger charge is 2.20. The maximum Gasteiger partial charge on any atom is 0.161 e. The predicted octanol–water partition coefficient (Wildman–Crippen LogP) is 2.33. The maximum atomic E-state index is 5.84. The molecule has 1 atom stereocenters. The number of para-hydroxylation sites is 2. The third kappa shape index (κ3) is 2.37. The van der Waals surface area contributed by atoms with E-state index in [0.717, 1.165) is 17.3 Å². The van der Waals surface area contributed by atoms with Gasteiger partial charge in [0, 0.05) is 6.20 Å². The maximum absolute atomic E-state index is 5.84. The Labute approximate surface area is 106 Å². The number of nitrogens with one attached hydrogen (secondary N) is 1. The van der Waals surface area contributed by atoms with Crippen LogP contribution in [0.4, 0.5) is 5.82 Å². The van der Waals surface area contributed by atoms with Gasteiger partial charge in [0.15, 0.2) is 11.5 Å². The molecule has 0 saturated carbocycles. The lowest BCUT2D eigenvalue weighted by Crippen LogP contribution is -2.35. The molecule has 1 N–H and O–H groups in total. The van der Waals surface area contributed by atoms with E-state index < -0.39 is 0 Å². The Morgan fingerprint density at radius 2 is 1.94 bits per heavy atom. The van der Waals surface area contributed by atoms with Crippen LogP contribution in [0.5, 0.6) is 11.5 Å². The molecule has 2 heterocycles. The van der Waals surface area contributed by atoms with E-state index in [-0.39, 0.29) is 6.10 Å². The van der Waals surface area contributed by atoms with E-state index in [4.69, 9.17) is 9.47 Å². The van der Waals surface area contributed by atoms with Crippen LogP contribution in [0.15, 0.2) is 48.7 Å². The first-order valence-corrected chi connectivity index (χ1v) is 5.95. The summed E-state index contributed by atoms with van der Waals surface area (Å²) in [5.41, 5.74) is 0. The molecule has 1 aliphatic rings. The van der Waals surface area contributed by atoms with Gasteiger partial charge in [-0.3, -0.25) is 0 Å². The summed E-state index contributed by atoms with van der Waals surface area (Å²) in [4.78, 5) is 4.20. The molecule has 0 amide bonds. The van der Waals surface area contributed by atoms with Crippen molar-refractivity contribution in [2.24, 2.45) is 0 Å². The Morgan fingerprint density at radius 3 is 2.78 bits per heavy atom. The van der Waals surface area contributed by atoms with E-state index in [9.17, 15) is 0 Å². The van der Waals surface area contributed by atoms with Gasteiger partial charge in [-0.1, -0.05) is 18.2 Å². The molecule has 0 spiro atoms. The Kier molecular flexibility index (Phi) is 3.00. The monoisotopic (exact) mass is 242 g/mol. The minimum atomic E-state index is 0.00176. The van der Waals surface area contributed by atoms with Crippen molar-refractivity contribution < 1.29 is 9.47 Å². The highest BCUT2D eigenvalue weighted by molar-refractivity contribution is 5.41. The van der Waals surface area contributed by atoms with Gasteiger partial charge in [0.05, 0.1) is 6.54 Å². The zero-order valence-electron chi connectivity index (χ0n) is 9.87. The summed E-state index contributed by atoms with van der Waals surface area (Å²) in [6.07, 6.45) is 1.76. The largest absolute Gasteiger partial charge is 0.486 e. The summed E-state index contributed by atoms with van der Waals surface area (Å²) < 4.78 is 11.5. The first-order valence-electron chi connectivity index (χ1n) is 5.95. The van der Waals surface area contributed by atoms with Crippen molar-refractivity contribution in [2.75, 3.05) is 18.5 Å². The second-order valence-electron chi connectivity index (χ2n) is 4.09. The van der Waals surface area contributed by atoms with E-state index in [2.05, 4.69) is 10.3 Å². The highest BCUT2D eigenvalue weighted by Crippen LogP contribution is 2.30. The van der Waals surface area contributed by atoms with E-state index in [1.54, 1.807) is 6.20 Å². The SMILES string of the molecule is c1ccc(NCC2COc3ccccc3O2)nc1. The van der Waals surface area contributed by atoms with Crippen molar-refractivity contribution in [1.82, 2.24) is 4.98 Å². The van der Waals surface area contributed by atoms with Crippen LogP contribution in [-0.2, 0) is 0 Å². The standard InChI is InChI=1S/C14H14N2O2/c1-2-6-13-12(5-1)17-10-11(18-13)9-16-14-7-3-4-8-15-14/h1-8,11H,9-10H2,(H,15,16). The lowest BCUT2D eigenvalue weighted by Gasteiger charge is -2.26. The van der Waals surface area contributed by atoms with Crippen molar-refractivity contribution in [3.8, 4) is 11.5 Å². The number of nitrogens with zero attached hydrogens (tertiary/aromatic N) is 1. The van der Waals surface area contributed by atoms with E-state index in [1.165, 1.54) is 0 Å². The molecule has 0 fully saturated rings. The van der Waals surface area contributed by atoms with Crippen LogP contribution in [0.2, 0.25) is 0 Å².